The minimum Gasteiger partial charge on any atom is -0.465 e. The minimum atomic E-state index is -4.38. The van der Waals surface area contributed by atoms with Crippen molar-refractivity contribution in [3.05, 3.63) is 36.0 Å². The molecule has 1 heterocycles. The van der Waals surface area contributed by atoms with E-state index in [1.807, 2.05) is 5.32 Å². The molecule has 2 N–H and O–H groups in total. The van der Waals surface area contributed by atoms with Crippen molar-refractivity contribution in [1.29, 1.82) is 0 Å². The molecule has 7 nitrogen and oxygen atoms in total. The van der Waals surface area contributed by atoms with Crippen molar-refractivity contribution in [1.82, 2.24) is 20.3 Å². The van der Waals surface area contributed by atoms with Crippen LogP contribution in [0.25, 0.3) is 5.69 Å². The first-order valence-electron chi connectivity index (χ1n) is 6.51. The molecule has 0 radical (unpaired) electrons. The van der Waals surface area contributed by atoms with Gasteiger partial charge in [-0.2, -0.15) is 18.3 Å². The zero-order valence-electron chi connectivity index (χ0n) is 12.3. The van der Waals surface area contributed by atoms with Crippen molar-refractivity contribution in [2.75, 3.05) is 19.0 Å². The average molecular weight is 359 g/mol. The fraction of sp³-hybridized carbons (Fsp3) is 0.231. The number of halogens is 3. The average Bonchev–Trinajstić information content (AvgIpc) is 3.00. The van der Waals surface area contributed by atoms with E-state index in [9.17, 15) is 18.0 Å². The smallest absolute Gasteiger partial charge is 0.405 e. The van der Waals surface area contributed by atoms with Crippen LogP contribution in [0.1, 0.15) is 10.4 Å². The summed E-state index contributed by atoms with van der Waals surface area (Å²) in [4.78, 5) is 12.7. The summed E-state index contributed by atoms with van der Waals surface area (Å²) in [6.45, 7) is -1.26. The number of hydrogen-bond donors (Lipinski definition) is 2. The van der Waals surface area contributed by atoms with Crippen LogP contribution in [0.3, 0.4) is 0 Å². The number of rotatable bonds is 4. The van der Waals surface area contributed by atoms with Gasteiger partial charge in [0.15, 0.2) is 10.9 Å². The normalized spacial score (nSPS) is 11.0. The SMILES string of the molecule is COC(=O)c1cccc(-n2ncc(NC(=S)NCC(F)(F)F)n2)c1. The molecule has 0 bridgehead atoms. The highest BCUT2D eigenvalue weighted by molar-refractivity contribution is 7.80. The van der Waals surface area contributed by atoms with Gasteiger partial charge in [0.2, 0.25) is 0 Å². The van der Waals surface area contributed by atoms with Crippen LogP contribution in [0.15, 0.2) is 30.5 Å². The van der Waals surface area contributed by atoms with E-state index in [1.54, 1.807) is 18.2 Å². The maximum atomic E-state index is 12.1. The van der Waals surface area contributed by atoms with E-state index in [2.05, 4.69) is 20.3 Å². The third-order valence-corrected chi connectivity index (χ3v) is 2.93. The second-order valence-corrected chi connectivity index (χ2v) is 4.89. The Balaban J connectivity index is 2.05. The Morgan fingerprint density at radius 2 is 2.17 bits per heavy atom. The molecular weight excluding hydrogens is 347 g/mol. The monoisotopic (exact) mass is 359 g/mol. The Hall–Kier alpha value is -2.69. The number of esters is 1. The first-order valence-corrected chi connectivity index (χ1v) is 6.92. The molecule has 0 saturated heterocycles. The summed E-state index contributed by atoms with van der Waals surface area (Å²) in [6, 6.07) is 6.34. The lowest BCUT2D eigenvalue weighted by Crippen LogP contribution is -2.36. The Labute approximate surface area is 139 Å². The molecule has 128 valence electrons. The number of nitrogens with zero attached hydrogens (tertiary/aromatic N) is 3. The highest BCUT2D eigenvalue weighted by atomic mass is 32.1. The molecule has 0 aliphatic carbocycles. The predicted molar refractivity (Wildman–Crippen MR) is 83.0 cm³/mol. The molecule has 0 fully saturated rings. The molecule has 24 heavy (non-hydrogen) atoms. The summed E-state index contributed by atoms with van der Waals surface area (Å²) in [5.74, 6) is -0.363. The second kappa shape index (κ2) is 7.25. The molecule has 0 atom stereocenters. The van der Waals surface area contributed by atoms with E-state index in [-0.39, 0.29) is 10.9 Å². The molecule has 11 heteroatoms. The molecule has 0 amide bonds. The van der Waals surface area contributed by atoms with E-state index in [4.69, 9.17) is 12.2 Å². The molecule has 0 aliphatic heterocycles. The lowest BCUT2D eigenvalue weighted by atomic mass is 10.2. The number of nitrogens with one attached hydrogen (secondary N) is 2. The first-order chi connectivity index (χ1) is 11.3. The number of aromatic nitrogens is 3. The number of carbonyl (C=O) groups is 1. The Kier molecular flexibility index (Phi) is 5.34. The number of methoxy groups -OCH3 is 1. The van der Waals surface area contributed by atoms with Gasteiger partial charge in [0.25, 0.3) is 0 Å². The Morgan fingerprint density at radius 1 is 1.42 bits per heavy atom. The molecule has 1 aromatic heterocycles. The van der Waals surface area contributed by atoms with Crippen LogP contribution in [0.4, 0.5) is 19.0 Å². The van der Waals surface area contributed by atoms with Gasteiger partial charge in [-0.05, 0) is 30.4 Å². The number of thiocarbonyl (C=S) groups is 1. The van der Waals surface area contributed by atoms with Crippen LogP contribution in [0, 0.1) is 0 Å². The van der Waals surface area contributed by atoms with Gasteiger partial charge < -0.3 is 15.4 Å². The fourth-order valence-corrected chi connectivity index (χ4v) is 1.84. The molecule has 1 aromatic carbocycles. The summed E-state index contributed by atoms with van der Waals surface area (Å²) in [5.41, 5.74) is 0.782. The van der Waals surface area contributed by atoms with Crippen molar-refractivity contribution in [3.8, 4) is 5.69 Å². The van der Waals surface area contributed by atoms with Crippen molar-refractivity contribution in [2.45, 2.75) is 6.18 Å². The van der Waals surface area contributed by atoms with Gasteiger partial charge in [-0.3, -0.25) is 0 Å². The standard InChI is InChI=1S/C13H12F3N5O2S/c1-23-11(22)8-3-2-4-9(5-8)21-18-6-10(20-21)19-12(24)17-7-13(14,15)16/h2-6H,7H2,1H3,(H2,17,19,20,24). The summed E-state index contributed by atoms with van der Waals surface area (Å²) < 4.78 is 40.9. The summed E-state index contributed by atoms with van der Waals surface area (Å²) in [6.07, 6.45) is -3.09. The van der Waals surface area contributed by atoms with Gasteiger partial charge in [-0.25, -0.2) is 4.79 Å². The third-order valence-electron chi connectivity index (χ3n) is 2.68. The number of alkyl halides is 3. The largest absolute Gasteiger partial charge is 0.465 e. The van der Waals surface area contributed by atoms with Gasteiger partial charge in [0, 0.05) is 0 Å². The molecule has 2 rings (SSSR count). The van der Waals surface area contributed by atoms with Gasteiger partial charge in [-0.15, -0.1) is 9.90 Å². The van der Waals surface area contributed by atoms with Crippen molar-refractivity contribution in [2.24, 2.45) is 0 Å². The quantitative estimate of drug-likeness (QED) is 0.637. The second-order valence-electron chi connectivity index (χ2n) is 4.48. The number of carbonyl (C=O) groups excluding carboxylic acids is 1. The van der Waals surface area contributed by atoms with Crippen LogP contribution in [0.2, 0.25) is 0 Å². The Morgan fingerprint density at radius 3 is 2.83 bits per heavy atom. The lowest BCUT2D eigenvalue weighted by Gasteiger charge is -2.10. The maximum Gasteiger partial charge on any atom is 0.405 e. The molecule has 0 aliphatic rings. The van der Waals surface area contributed by atoms with Crippen molar-refractivity contribution in [3.63, 3.8) is 0 Å². The van der Waals surface area contributed by atoms with E-state index in [1.165, 1.54) is 24.2 Å². The highest BCUT2D eigenvalue weighted by Crippen LogP contribution is 2.13. The van der Waals surface area contributed by atoms with E-state index in [0.717, 1.165) is 0 Å². The number of ether oxygens (including phenoxy) is 1. The number of hydrogen-bond acceptors (Lipinski definition) is 5. The molecule has 0 unspecified atom stereocenters. The number of benzene rings is 1. The van der Waals surface area contributed by atoms with E-state index < -0.39 is 18.7 Å². The van der Waals surface area contributed by atoms with Crippen LogP contribution < -0.4 is 10.6 Å². The van der Waals surface area contributed by atoms with Crippen LogP contribution in [-0.4, -0.2) is 45.9 Å². The molecular formula is C13H12F3N5O2S. The van der Waals surface area contributed by atoms with Gasteiger partial charge in [-0.1, -0.05) is 6.07 Å². The third kappa shape index (κ3) is 4.91. The highest BCUT2D eigenvalue weighted by Gasteiger charge is 2.27. The van der Waals surface area contributed by atoms with Crippen molar-refractivity contribution >= 4 is 29.1 Å². The van der Waals surface area contributed by atoms with Crippen LogP contribution in [-0.2, 0) is 4.74 Å². The zero-order valence-corrected chi connectivity index (χ0v) is 13.1. The maximum absolute atomic E-state index is 12.1. The van der Waals surface area contributed by atoms with E-state index in [0.29, 0.717) is 11.3 Å². The van der Waals surface area contributed by atoms with Gasteiger partial charge in [0.1, 0.15) is 6.54 Å². The summed E-state index contributed by atoms with van der Waals surface area (Å²) in [7, 11) is 1.26. The summed E-state index contributed by atoms with van der Waals surface area (Å²) in [5, 5.41) is 12.2. The van der Waals surface area contributed by atoms with Crippen LogP contribution >= 0.6 is 12.2 Å². The summed E-state index contributed by atoms with van der Waals surface area (Å²) >= 11 is 4.74. The zero-order chi connectivity index (χ0) is 17.7. The fourth-order valence-electron chi connectivity index (χ4n) is 1.66. The Bertz CT molecular complexity index is 747. The molecule has 0 spiro atoms. The van der Waals surface area contributed by atoms with E-state index >= 15 is 0 Å². The molecule has 0 saturated carbocycles. The topological polar surface area (TPSA) is 81.1 Å². The molecule has 2 aromatic rings. The van der Waals surface area contributed by atoms with Gasteiger partial charge >= 0.3 is 12.1 Å². The number of anilines is 1. The van der Waals surface area contributed by atoms with Crippen LogP contribution in [0.5, 0.6) is 0 Å². The minimum absolute atomic E-state index is 0.151. The van der Waals surface area contributed by atoms with Gasteiger partial charge in [0.05, 0.1) is 24.6 Å². The predicted octanol–water partition coefficient (Wildman–Crippen LogP) is 1.90. The first kappa shape index (κ1) is 17.7. The lowest BCUT2D eigenvalue weighted by molar-refractivity contribution is -0.121. The van der Waals surface area contributed by atoms with Crippen molar-refractivity contribution < 1.29 is 22.7 Å².